The van der Waals surface area contributed by atoms with Crippen LogP contribution in [0.15, 0.2) is 30.3 Å². The molecular weight excluding hydrogens is 252 g/mol. The first-order valence-electron chi connectivity index (χ1n) is 7.18. The second kappa shape index (κ2) is 7.25. The van der Waals surface area contributed by atoms with Gasteiger partial charge in [-0.3, -0.25) is 0 Å². The van der Waals surface area contributed by atoms with Crippen molar-refractivity contribution in [1.82, 2.24) is 0 Å². The molecule has 2 atom stereocenters. The number of carbonyl (C=O) groups is 1. The maximum Gasteiger partial charge on any atom is 0.330 e. The van der Waals surface area contributed by atoms with Crippen molar-refractivity contribution in [3.8, 4) is 0 Å². The first-order valence-corrected chi connectivity index (χ1v) is 7.18. The molecule has 1 aliphatic rings. The number of ether oxygens (including phenoxy) is 1. The van der Waals surface area contributed by atoms with Crippen LogP contribution in [0, 0.1) is 11.8 Å². The predicted molar refractivity (Wildman–Crippen MR) is 79.1 cm³/mol. The topological polar surface area (TPSA) is 46.5 Å². The van der Waals surface area contributed by atoms with E-state index in [0.29, 0.717) is 18.4 Å². The SMILES string of the molecule is COC(=O)C=Cc1ccc(CC2CCC[C@@H]2CO)cc1. The van der Waals surface area contributed by atoms with Crippen LogP contribution in [0.1, 0.15) is 30.4 Å². The van der Waals surface area contributed by atoms with E-state index in [-0.39, 0.29) is 5.97 Å². The van der Waals surface area contributed by atoms with Gasteiger partial charge in [-0.25, -0.2) is 4.79 Å². The number of benzene rings is 1. The summed E-state index contributed by atoms with van der Waals surface area (Å²) >= 11 is 0. The van der Waals surface area contributed by atoms with Crippen molar-refractivity contribution in [2.24, 2.45) is 11.8 Å². The van der Waals surface area contributed by atoms with Crippen molar-refractivity contribution >= 4 is 12.0 Å². The van der Waals surface area contributed by atoms with E-state index in [9.17, 15) is 9.90 Å². The van der Waals surface area contributed by atoms with Crippen molar-refractivity contribution in [2.45, 2.75) is 25.7 Å². The molecule has 3 nitrogen and oxygen atoms in total. The summed E-state index contributed by atoms with van der Waals surface area (Å²) in [6.45, 7) is 0.310. The highest BCUT2D eigenvalue weighted by Crippen LogP contribution is 2.33. The van der Waals surface area contributed by atoms with E-state index in [0.717, 1.165) is 18.4 Å². The average Bonchev–Trinajstić information content (AvgIpc) is 2.93. The van der Waals surface area contributed by atoms with E-state index in [1.165, 1.54) is 31.6 Å². The summed E-state index contributed by atoms with van der Waals surface area (Å²) in [5.41, 5.74) is 2.29. The zero-order chi connectivity index (χ0) is 14.4. The molecule has 0 spiro atoms. The number of methoxy groups -OCH3 is 1. The molecule has 2 rings (SSSR count). The molecule has 1 aromatic carbocycles. The molecule has 1 N–H and O–H groups in total. The van der Waals surface area contributed by atoms with Crippen LogP contribution in [0.3, 0.4) is 0 Å². The molecule has 1 unspecified atom stereocenters. The number of hydrogen-bond acceptors (Lipinski definition) is 3. The Kier molecular flexibility index (Phi) is 5.36. The summed E-state index contributed by atoms with van der Waals surface area (Å²) in [5.74, 6) is 0.733. The molecule has 0 aromatic heterocycles. The van der Waals surface area contributed by atoms with E-state index in [1.54, 1.807) is 6.08 Å². The number of esters is 1. The van der Waals surface area contributed by atoms with Crippen LogP contribution >= 0.6 is 0 Å². The number of aliphatic hydroxyl groups excluding tert-OH is 1. The van der Waals surface area contributed by atoms with Gasteiger partial charge in [-0.15, -0.1) is 0 Å². The molecule has 1 aromatic rings. The highest BCUT2D eigenvalue weighted by Gasteiger charge is 2.26. The molecule has 3 heteroatoms. The number of rotatable bonds is 5. The fourth-order valence-corrected chi connectivity index (χ4v) is 2.92. The molecule has 0 heterocycles. The van der Waals surface area contributed by atoms with E-state index >= 15 is 0 Å². The molecule has 1 saturated carbocycles. The van der Waals surface area contributed by atoms with Gasteiger partial charge in [-0.1, -0.05) is 30.7 Å². The quantitative estimate of drug-likeness (QED) is 0.663. The first kappa shape index (κ1) is 14.8. The summed E-state index contributed by atoms with van der Waals surface area (Å²) in [6.07, 6.45) is 7.81. The normalized spacial score (nSPS) is 22.3. The lowest BCUT2D eigenvalue weighted by Crippen LogP contribution is -2.14. The lowest BCUT2D eigenvalue weighted by atomic mass is 9.90. The van der Waals surface area contributed by atoms with Gasteiger partial charge in [0.05, 0.1) is 7.11 Å². The van der Waals surface area contributed by atoms with Crippen LogP contribution in [-0.4, -0.2) is 24.8 Å². The molecule has 108 valence electrons. The third kappa shape index (κ3) is 3.94. The van der Waals surface area contributed by atoms with Crippen molar-refractivity contribution in [2.75, 3.05) is 13.7 Å². The van der Waals surface area contributed by atoms with Gasteiger partial charge < -0.3 is 9.84 Å². The maximum absolute atomic E-state index is 11.0. The Morgan fingerprint density at radius 1 is 1.30 bits per heavy atom. The van der Waals surface area contributed by atoms with Crippen LogP contribution in [0.2, 0.25) is 0 Å². The smallest absolute Gasteiger partial charge is 0.330 e. The van der Waals surface area contributed by atoms with Crippen LogP contribution in [-0.2, 0) is 16.0 Å². The van der Waals surface area contributed by atoms with E-state index < -0.39 is 0 Å². The lowest BCUT2D eigenvalue weighted by Gasteiger charge is -2.17. The number of carbonyl (C=O) groups excluding carboxylic acids is 1. The molecule has 1 aliphatic carbocycles. The van der Waals surface area contributed by atoms with Crippen molar-refractivity contribution < 1.29 is 14.6 Å². The van der Waals surface area contributed by atoms with E-state index in [2.05, 4.69) is 16.9 Å². The van der Waals surface area contributed by atoms with Gasteiger partial charge in [-0.2, -0.15) is 0 Å². The van der Waals surface area contributed by atoms with Crippen molar-refractivity contribution in [3.05, 3.63) is 41.5 Å². The Balaban J connectivity index is 1.94. The highest BCUT2D eigenvalue weighted by molar-refractivity contribution is 5.86. The largest absolute Gasteiger partial charge is 0.466 e. The molecule has 0 saturated heterocycles. The summed E-state index contributed by atoms with van der Waals surface area (Å²) < 4.78 is 4.56. The zero-order valence-electron chi connectivity index (χ0n) is 11.9. The van der Waals surface area contributed by atoms with Gasteiger partial charge >= 0.3 is 5.97 Å². The van der Waals surface area contributed by atoms with Gasteiger partial charge in [0.2, 0.25) is 0 Å². The van der Waals surface area contributed by atoms with Crippen molar-refractivity contribution in [3.63, 3.8) is 0 Å². The highest BCUT2D eigenvalue weighted by atomic mass is 16.5. The predicted octanol–water partition coefficient (Wildman–Crippen LogP) is 2.82. The van der Waals surface area contributed by atoms with Crippen LogP contribution in [0.25, 0.3) is 6.08 Å². The molecule has 20 heavy (non-hydrogen) atoms. The molecule has 0 bridgehead atoms. The average molecular weight is 274 g/mol. The molecule has 0 radical (unpaired) electrons. The summed E-state index contributed by atoms with van der Waals surface area (Å²) in [7, 11) is 1.37. The van der Waals surface area contributed by atoms with Gasteiger partial charge in [0.1, 0.15) is 0 Å². The molecule has 1 fully saturated rings. The monoisotopic (exact) mass is 274 g/mol. The molecular formula is C17H22O3. The Hall–Kier alpha value is -1.61. The standard InChI is InChI=1S/C17H22O3/c1-20-17(19)10-9-13-5-7-14(8-6-13)11-15-3-2-4-16(15)12-18/h5-10,15-16,18H,2-4,11-12H2,1H3/t15?,16-/m1/s1. The van der Waals surface area contributed by atoms with Gasteiger partial charge in [0, 0.05) is 12.7 Å². The van der Waals surface area contributed by atoms with Crippen LogP contribution in [0.4, 0.5) is 0 Å². The van der Waals surface area contributed by atoms with Crippen LogP contribution < -0.4 is 0 Å². The first-order chi connectivity index (χ1) is 9.72. The minimum Gasteiger partial charge on any atom is -0.466 e. The summed E-state index contributed by atoms with van der Waals surface area (Å²) in [6, 6.07) is 8.22. The third-order valence-corrected chi connectivity index (χ3v) is 4.14. The molecule has 0 amide bonds. The summed E-state index contributed by atoms with van der Waals surface area (Å²) in [5, 5.41) is 9.35. The fraction of sp³-hybridized carbons (Fsp3) is 0.471. The van der Waals surface area contributed by atoms with E-state index in [4.69, 9.17) is 0 Å². The van der Waals surface area contributed by atoms with Crippen molar-refractivity contribution in [1.29, 1.82) is 0 Å². The Morgan fingerprint density at radius 2 is 2.00 bits per heavy atom. The van der Waals surface area contributed by atoms with Gasteiger partial charge in [0.15, 0.2) is 0 Å². The second-order valence-corrected chi connectivity index (χ2v) is 5.44. The second-order valence-electron chi connectivity index (χ2n) is 5.44. The minimum atomic E-state index is -0.342. The number of hydrogen-bond donors (Lipinski definition) is 1. The Bertz CT molecular complexity index is 462. The number of aliphatic hydroxyl groups is 1. The minimum absolute atomic E-state index is 0.310. The lowest BCUT2D eigenvalue weighted by molar-refractivity contribution is -0.134. The molecule has 0 aliphatic heterocycles. The van der Waals surface area contributed by atoms with Gasteiger partial charge in [-0.05, 0) is 48.3 Å². The van der Waals surface area contributed by atoms with E-state index in [1.807, 2.05) is 12.1 Å². The fourth-order valence-electron chi connectivity index (χ4n) is 2.92. The zero-order valence-corrected chi connectivity index (χ0v) is 11.9. The van der Waals surface area contributed by atoms with Crippen LogP contribution in [0.5, 0.6) is 0 Å². The Labute approximate surface area is 120 Å². The van der Waals surface area contributed by atoms with Gasteiger partial charge in [0.25, 0.3) is 0 Å². The maximum atomic E-state index is 11.0. The third-order valence-electron chi connectivity index (χ3n) is 4.14. The Morgan fingerprint density at radius 3 is 2.65 bits per heavy atom. The summed E-state index contributed by atoms with van der Waals surface area (Å²) in [4.78, 5) is 11.0.